The molecule has 3 aromatic rings. The predicted molar refractivity (Wildman–Crippen MR) is 116 cm³/mol. The van der Waals surface area contributed by atoms with E-state index in [1.807, 2.05) is 4.90 Å². The van der Waals surface area contributed by atoms with Gasteiger partial charge in [-0.25, -0.2) is 0 Å². The average molecular weight is 484 g/mol. The zero-order valence-corrected chi connectivity index (χ0v) is 18.6. The molecule has 1 fully saturated rings. The third-order valence-corrected chi connectivity index (χ3v) is 6.07. The Balaban J connectivity index is 1.88. The van der Waals surface area contributed by atoms with Crippen molar-refractivity contribution < 1.29 is 32.2 Å². The van der Waals surface area contributed by atoms with E-state index in [4.69, 9.17) is 25.5 Å². The van der Waals surface area contributed by atoms with Crippen molar-refractivity contribution >= 4 is 22.6 Å². The van der Waals surface area contributed by atoms with E-state index in [2.05, 4.69) is 0 Å². The van der Waals surface area contributed by atoms with Crippen LogP contribution >= 0.6 is 11.6 Å². The van der Waals surface area contributed by atoms with Gasteiger partial charge in [0.15, 0.2) is 0 Å². The van der Waals surface area contributed by atoms with Gasteiger partial charge >= 0.3 is 6.18 Å². The van der Waals surface area contributed by atoms with Crippen molar-refractivity contribution in [3.8, 4) is 17.2 Å². The smallest absolute Gasteiger partial charge is 0.453 e. The minimum Gasteiger partial charge on any atom is -0.507 e. The molecule has 1 saturated heterocycles. The number of ether oxygens (including phenoxy) is 2. The van der Waals surface area contributed by atoms with Crippen molar-refractivity contribution in [1.29, 1.82) is 0 Å². The summed E-state index contributed by atoms with van der Waals surface area (Å²) in [5.74, 6) is -2.78. The molecule has 10 heteroatoms. The summed E-state index contributed by atoms with van der Waals surface area (Å²) >= 11 is 6.13. The zero-order chi connectivity index (χ0) is 23.9. The average Bonchev–Trinajstić information content (AvgIpc) is 2.75. The van der Waals surface area contributed by atoms with E-state index in [1.165, 1.54) is 24.3 Å². The molecule has 2 aromatic carbocycles. The molecule has 0 unspecified atom stereocenters. The van der Waals surface area contributed by atoms with E-state index in [0.717, 1.165) is 0 Å². The summed E-state index contributed by atoms with van der Waals surface area (Å²) in [6.07, 6.45) is -5.01. The van der Waals surface area contributed by atoms with E-state index in [0.29, 0.717) is 42.5 Å². The first-order valence-corrected chi connectivity index (χ1v) is 10.6. The number of morpholine rings is 1. The summed E-state index contributed by atoms with van der Waals surface area (Å²) < 4.78 is 57.8. The first-order chi connectivity index (χ1) is 15.6. The summed E-state index contributed by atoms with van der Waals surface area (Å²) in [5.41, 5.74) is -0.0420. The lowest BCUT2D eigenvalue weighted by Crippen LogP contribution is -2.35. The van der Waals surface area contributed by atoms with Crippen molar-refractivity contribution in [2.24, 2.45) is 0 Å². The fourth-order valence-corrected chi connectivity index (χ4v) is 3.89. The molecular formula is C23H21ClF3NO5. The number of hydrogen-bond acceptors (Lipinski definition) is 6. The van der Waals surface area contributed by atoms with Crippen molar-refractivity contribution in [3.05, 3.63) is 62.0 Å². The lowest BCUT2D eigenvalue weighted by molar-refractivity contribution is -0.154. The van der Waals surface area contributed by atoms with Crippen LogP contribution in [0.15, 0.2) is 33.5 Å². The van der Waals surface area contributed by atoms with Gasteiger partial charge in [0.25, 0.3) is 5.76 Å². The molecular weight excluding hydrogens is 463 g/mol. The van der Waals surface area contributed by atoms with Crippen LogP contribution in [0, 0.1) is 13.8 Å². The van der Waals surface area contributed by atoms with E-state index < -0.39 is 23.1 Å². The summed E-state index contributed by atoms with van der Waals surface area (Å²) in [5, 5.41) is 10.7. The maximum Gasteiger partial charge on any atom is 0.453 e. The Kier molecular flexibility index (Phi) is 6.30. The van der Waals surface area contributed by atoms with Crippen LogP contribution in [0.4, 0.5) is 13.2 Å². The normalized spacial score (nSPS) is 15.2. The molecule has 0 radical (unpaired) electrons. The van der Waals surface area contributed by atoms with Crippen LogP contribution in [0.3, 0.4) is 0 Å². The largest absolute Gasteiger partial charge is 0.507 e. The number of aryl methyl sites for hydroxylation is 2. The summed E-state index contributed by atoms with van der Waals surface area (Å²) in [6, 6.07) is 5.38. The van der Waals surface area contributed by atoms with Crippen LogP contribution in [0.25, 0.3) is 11.0 Å². The Labute approximate surface area is 192 Å². The molecule has 1 aliphatic rings. The lowest BCUT2D eigenvalue weighted by atomic mass is 10.1. The summed E-state index contributed by atoms with van der Waals surface area (Å²) in [7, 11) is 0. The Morgan fingerprint density at radius 3 is 2.39 bits per heavy atom. The molecule has 0 amide bonds. The maximum absolute atomic E-state index is 13.9. The minimum absolute atomic E-state index is 0.0267. The third-order valence-electron chi connectivity index (χ3n) is 5.47. The van der Waals surface area contributed by atoms with Gasteiger partial charge in [-0.3, -0.25) is 9.69 Å². The monoisotopic (exact) mass is 483 g/mol. The highest BCUT2D eigenvalue weighted by atomic mass is 35.5. The number of nitrogens with zero attached hydrogens (tertiary/aromatic N) is 1. The highest BCUT2D eigenvalue weighted by molar-refractivity contribution is 6.32. The van der Waals surface area contributed by atoms with Gasteiger partial charge in [0.2, 0.25) is 11.2 Å². The molecule has 0 atom stereocenters. The standard InChI is InChI=1S/C23H21ClF3NO5/c1-12-9-14(10-13(2)18(12)24)32-21-19(30)15-3-4-17(29)16(11-28-5-7-31-8-6-28)20(15)33-22(21)23(25,26)27/h3-4,9-10,29H,5-8,11H2,1-2H3. The zero-order valence-electron chi connectivity index (χ0n) is 17.9. The highest BCUT2D eigenvalue weighted by Gasteiger charge is 2.41. The minimum atomic E-state index is -5.01. The van der Waals surface area contributed by atoms with Crippen LogP contribution in [-0.2, 0) is 17.5 Å². The number of hydrogen-bond donors (Lipinski definition) is 1. The number of aromatic hydroxyl groups is 1. The number of benzene rings is 2. The Morgan fingerprint density at radius 1 is 1.15 bits per heavy atom. The number of rotatable bonds is 4. The molecule has 176 valence electrons. The Bertz CT molecular complexity index is 1240. The molecule has 1 aliphatic heterocycles. The van der Waals surface area contributed by atoms with E-state index in [9.17, 15) is 23.1 Å². The molecule has 1 aromatic heterocycles. The number of alkyl halides is 3. The van der Waals surface area contributed by atoms with Gasteiger partial charge in [-0.15, -0.1) is 0 Å². The highest BCUT2D eigenvalue weighted by Crippen LogP contribution is 2.40. The Hall–Kier alpha value is -2.75. The van der Waals surface area contributed by atoms with Crippen molar-refractivity contribution in [1.82, 2.24) is 4.90 Å². The first kappa shape index (κ1) is 23.4. The van der Waals surface area contributed by atoms with Crippen LogP contribution < -0.4 is 10.2 Å². The number of phenolic OH excluding ortho intramolecular Hbond substituents is 1. The summed E-state index contributed by atoms with van der Waals surface area (Å²) in [6.45, 7) is 5.43. The number of halogens is 4. The van der Waals surface area contributed by atoms with Crippen molar-refractivity contribution in [2.45, 2.75) is 26.6 Å². The lowest BCUT2D eigenvalue weighted by Gasteiger charge is -2.27. The van der Waals surface area contributed by atoms with Crippen molar-refractivity contribution in [3.63, 3.8) is 0 Å². The van der Waals surface area contributed by atoms with Crippen LogP contribution in [0.2, 0.25) is 5.02 Å². The summed E-state index contributed by atoms with van der Waals surface area (Å²) in [4.78, 5) is 15.1. The van der Waals surface area contributed by atoms with Crippen molar-refractivity contribution in [2.75, 3.05) is 26.3 Å². The maximum atomic E-state index is 13.9. The van der Waals surface area contributed by atoms with Gasteiger partial charge in [0.05, 0.1) is 24.2 Å². The van der Waals surface area contributed by atoms with Gasteiger partial charge in [-0.1, -0.05) is 11.6 Å². The van der Waals surface area contributed by atoms with Gasteiger partial charge in [-0.05, 0) is 49.2 Å². The molecule has 33 heavy (non-hydrogen) atoms. The molecule has 4 rings (SSSR count). The molecule has 1 N–H and O–H groups in total. The molecule has 0 saturated carbocycles. The quantitative estimate of drug-likeness (QED) is 0.535. The SMILES string of the molecule is Cc1cc(Oc2c(C(F)(F)F)oc3c(CN4CCOCC4)c(O)ccc3c2=O)cc(C)c1Cl. The second-order valence-electron chi connectivity index (χ2n) is 7.89. The van der Waals surface area contributed by atoms with Gasteiger partial charge in [-0.2, -0.15) is 13.2 Å². The number of fused-ring (bicyclic) bond motifs is 1. The number of phenols is 1. The van der Waals surface area contributed by atoms with E-state index >= 15 is 0 Å². The fraction of sp³-hybridized carbons (Fsp3) is 0.348. The molecule has 0 spiro atoms. The second kappa shape index (κ2) is 8.89. The molecule has 6 nitrogen and oxygen atoms in total. The van der Waals surface area contributed by atoms with Crippen LogP contribution in [0.1, 0.15) is 22.5 Å². The van der Waals surface area contributed by atoms with Crippen LogP contribution in [-0.4, -0.2) is 36.3 Å². The molecule has 0 bridgehead atoms. The van der Waals surface area contributed by atoms with Gasteiger partial charge in [0.1, 0.15) is 17.1 Å². The molecule has 0 aliphatic carbocycles. The topological polar surface area (TPSA) is 72.1 Å². The predicted octanol–water partition coefficient (Wildman–Crippen LogP) is 5.41. The third kappa shape index (κ3) is 4.66. The van der Waals surface area contributed by atoms with Crippen LogP contribution in [0.5, 0.6) is 17.2 Å². The second-order valence-corrected chi connectivity index (χ2v) is 8.27. The molecule has 2 heterocycles. The van der Waals surface area contributed by atoms with Gasteiger partial charge in [0, 0.05) is 24.7 Å². The fourth-order valence-electron chi connectivity index (χ4n) is 3.78. The Morgan fingerprint density at radius 2 is 1.79 bits per heavy atom. The first-order valence-electron chi connectivity index (χ1n) is 10.2. The van der Waals surface area contributed by atoms with Gasteiger partial charge < -0.3 is 19.0 Å². The van der Waals surface area contributed by atoms with E-state index in [-0.39, 0.29) is 34.6 Å². The van der Waals surface area contributed by atoms with E-state index in [1.54, 1.807) is 13.8 Å².